The molecule has 0 unspecified atom stereocenters. The Balaban J connectivity index is 1.97. The quantitative estimate of drug-likeness (QED) is 0.645. The van der Waals surface area contributed by atoms with Gasteiger partial charge in [-0.2, -0.15) is 5.10 Å². The molecule has 1 aliphatic heterocycles. The van der Waals surface area contributed by atoms with E-state index in [9.17, 15) is 9.59 Å². The SMILES string of the molecule is CCOC(=O)[C@@H]1CCCN(C(=O)c2c(CC(C)C)nn(-c3ccccc3)c2CC)C1. The lowest BCUT2D eigenvalue weighted by molar-refractivity contribution is -0.149. The number of hydrogen-bond acceptors (Lipinski definition) is 4. The second-order valence-corrected chi connectivity index (χ2v) is 8.31. The summed E-state index contributed by atoms with van der Waals surface area (Å²) < 4.78 is 7.12. The number of para-hydroxylation sites is 1. The largest absolute Gasteiger partial charge is 0.466 e. The van der Waals surface area contributed by atoms with Crippen molar-refractivity contribution in [2.75, 3.05) is 19.7 Å². The number of benzene rings is 1. The third-order valence-corrected chi connectivity index (χ3v) is 5.53. The van der Waals surface area contributed by atoms with Crippen LogP contribution >= 0.6 is 0 Å². The highest BCUT2D eigenvalue weighted by Gasteiger charge is 2.33. The fourth-order valence-electron chi connectivity index (χ4n) is 4.16. The van der Waals surface area contributed by atoms with Gasteiger partial charge in [0, 0.05) is 13.1 Å². The molecule has 30 heavy (non-hydrogen) atoms. The smallest absolute Gasteiger partial charge is 0.310 e. The van der Waals surface area contributed by atoms with Crippen molar-refractivity contribution >= 4 is 11.9 Å². The lowest BCUT2D eigenvalue weighted by Gasteiger charge is -2.31. The van der Waals surface area contributed by atoms with Crippen molar-refractivity contribution in [3.05, 3.63) is 47.3 Å². The Labute approximate surface area is 179 Å². The van der Waals surface area contributed by atoms with Gasteiger partial charge in [-0.15, -0.1) is 0 Å². The van der Waals surface area contributed by atoms with E-state index in [1.807, 2.05) is 46.8 Å². The van der Waals surface area contributed by atoms with Crippen LogP contribution in [0.2, 0.25) is 0 Å². The van der Waals surface area contributed by atoms with Crippen LogP contribution in [0.25, 0.3) is 5.69 Å². The second-order valence-electron chi connectivity index (χ2n) is 8.31. The van der Waals surface area contributed by atoms with Gasteiger partial charge in [-0.25, -0.2) is 4.68 Å². The van der Waals surface area contributed by atoms with E-state index in [1.165, 1.54) is 0 Å². The summed E-state index contributed by atoms with van der Waals surface area (Å²) in [6, 6.07) is 9.96. The van der Waals surface area contributed by atoms with E-state index in [0.29, 0.717) is 37.6 Å². The van der Waals surface area contributed by atoms with Crippen LogP contribution < -0.4 is 0 Å². The van der Waals surface area contributed by atoms with E-state index in [-0.39, 0.29) is 17.8 Å². The zero-order valence-electron chi connectivity index (χ0n) is 18.6. The number of carbonyl (C=O) groups is 2. The zero-order valence-corrected chi connectivity index (χ0v) is 18.6. The van der Waals surface area contributed by atoms with Gasteiger partial charge >= 0.3 is 5.97 Å². The van der Waals surface area contributed by atoms with Crippen molar-refractivity contribution in [2.24, 2.45) is 11.8 Å². The highest BCUT2D eigenvalue weighted by molar-refractivity contribution is 5.97. The molecule has 0 saturated carbocycles. The van der Waals surface area contributed by atoms with E-state index >= 15 is 0 Å². The van der Waals surface area contributed by atoms with Gasteiger partial charge < -0.3 is 9.64 Å². The Morgan fingerprint density at radius 3 is 2.57 bits per heavy atom. The van der Waals surface area contributed by atoms with Gasteiger partial charge in [-0.05, 0) is 50.7 Å². The van der Waals surface area contributed by atoms with Gasteiger partial charge in [0.25, 0.3) is 5.91 Å². The number of aromatic nitrogens is 2. The average Bonchev–Trinajstić information content (AvgIpc) is 3.11. The van der Waals surface area contributed by atoms with Crippen molar-refractivity contribution < 1.29 is 14.3 Å². The number of piperidine rings is 1. The molecule has 0 bridgehead atoms. The summed E-state index contributed by atoms with van der Waals surface area (Å²) in [4.78, 5) is 27.7. The summed E-state index contributed by atoms with van der Waals surface area (Å²) >= 11 is 0. The van der Waals surface area contributed by atoms with Gasteiger partial charge in [0.05, 0.1) is 35.2 Å². The highest BCUT2D eigenvalue weighted by Crippen LogP contribution is 2.26. The standard InChI is InChI=1S/C24H33N3O3/c1-5-21-22(23(28)26-14-10-11-18(16-26)24(29)30-6-2)20(15-17(3)4)25-27(21)19-12-8-7-9-13-19/h7-9,12-13,17-18H,5-6,10-11,14-16H2,1-4H3/t18-/m1/s1. The number of hydrogen-bond donors (Lipinski definition) is 0. The van der Waals surface area contributed by atoms with Crippen LogP contribution in [0.1, 0.15) is 62.3 Å². The summed E-state index contributed by atoms with van der Waals surface area (Å²) in [5, 5.41) is 4.87. The Morgan fingerprint density at radius 2 is 1.93 bits per heavy atom. The van der Waals surface area contributed by atoms with Crippen molar-refractivity contribution in [1.29, 1.82) is 0 Å². The van der Waals surface area contributed by atoms with E-state index < -0.39 is 0 Å². The summed E-state index contributed by atoms with van der Waals surface area (Å²) in [5.41, 5.74) is 3.44. The molecule has 2 heterocycles. The molecule has 0 aliphatic carbocycles. The predicted molar refractivity (Wildman–Crippen MR) is 117 cm³/mol. The highest BCUT2D eigenvalue weighted by atomic mass is 16.5. The summed E-state index contributed by atoms with van der Waals surface area (Å²) in [6.07, 6.45) is 3.02. The first-order valence-electron chi connectivity index (χ1n) is 11.1. The van der Waals surface area contributed by atoms with Crippen LogP contribution in [0.5, 0.6) is 0 Å². The van der Waals surface area contributed by atoms with Crippen molar-refractivity contribution in [1.82, 2.24) is 14.7 Å². The normalized spacial score (nSPS) is 16.7. The molecule has 1 atom stereocenters. The molecule has 1 aromatic carbocycles. The molecular weight excluding hydrogens is 378 g/mol. The topological polar surface area (TPSA) is 64.4 Å². The maximum atomic E-state index is 13.7. The van der Waals surface area contributed by atoms with Crippen LogP contribution in [0, 0.1) is 11.8 Å². The molecule has 2 aromatic rings. The molecular formula is C24H33N3O3. The fourth-order valence-corrected chi connectivity index (χ4v) is 4.16. The molecule has 1 aliphatic rings. The average molecular weight is 412 g/mol. The molecule has 6 heteroatoms. The van der Waals surface area contributed by atoms with E-state index in [1.54, 1.807) is 0 Å². The minimum Gasteiger partial charge on any atom is -0.466 e. The lowest BCUT2D eigenvalue weighted by atomic mass is 9.96. The van der Waals surface area contributed by atoms with Crippen LogP contribution in [-0.2, 0) is 22.4 Å². The fraction of sp³-hybridized carbons (Fsp3) is 0.542. The minimum absolute atomic E-state index is 0.0151. The molecule has 6 nitrogen and oxygen atoms in total. The van der Waals surface area contributed by atoms with E-state index in [0.717, 1.165) is 36.3 Å². The first kappa shape index (κ1) is 22.1. The third kappa shape index (κ3) is 4.74. The molecule has 1 aromatic heterocycles. The molecule has 1 amide bonds. The van der Waals surface area contributed by atoms with Crippen LogP contribution in [0.15, 0.2) is 30.3 Å². The van der Waals surface area contributed by atoms with Gasteiger partial charge in [0.15, 0.2) is 0 Å². The maximum absolute atomic E-state index is 13.7. The first-order valence-corrected chi connectivity index (χ1v) is 11.1. The Morgan fingerprint density at radius 1 is 1.20 bits per heavy atom. The van der Waals surface area contributed by atoms with Gasteiger partial charge in [-0.3, -0.25) is 9.59 Å². The van der Waals surface area contributed by atoms with Gasteiger partial charge in [0.1, 0.15) is 0 Å². The van der Waals surface area contributed by atoms with Crippen molar-refractivity contribution in [3.8, 4) is 5.69 Å². The summed E-state index contributed by atoms with van der Waals surface area (Å²) in [6.45, 7) is 9.59. The maximum Gasteiger partial charge on any atom is 0.310 e. The second kappa shape index (κ2) is 9.92. The first-order chi connectivity index (χ1) is 14.5. The van der Waals surface area contributed by atoms with E-state index in [2.05, 4.69) is 20.8 Å². The molecule has 0 spiro atoms. The lowest BCUT2D eigenvalue weighted by Crippen LogP contribution is -2.43. The van der Waals surface area contributed by atoms with Crippen molar-refractivity contribution in [2.45, 2.75) is 53.4 Å². The van der Waals surface area contributed by atoms with Crippen LogP contribution in [-0.4, -0.2) is 46.3 Å². The number of likely N-dealkylation sites (tertiary alicyclic amines) is 1. The van der Waals surface area contributed by atoms with Crippen molar-refractivity contribution in [3.63, 3.8) is 0 Å². The van der Waals surface area contributed by atoms with Crippen LogP contribution in [0.3, 0.4) is 0 Å². The number of esters is 1. The zero-order chi connectivity index (χ0) is 21.7. The Bertz CT molecular complexity index is 873. The summed E-state index contributed by atoms with van der Waals surface area (Å²) in [5.74, 6) is -0.0776. The van der Waals surface area contributed by atoms with Gasteiger partial charge in [0.2, 0.25) is 0 Å². The molecule has 1 fully saturated rings. The number of nitrogens with zero attached hydrogens (tertiary/aromatic N) is 3. The molecule has 3 rings (SSSR count). The molecule has 162 valence electrons. The van der Waals surface area contributed by atoms with Gasteiger partial charge in [-0.1, -0.05) is 39.0 Å². The number of carbonyl (C=O) groups excluding carboxylic acids is 2. The third-order valence-electron chi connectivity index (χ3n) is 5.53. The summed E-state index contributed by atoms with van der Waals surface area (Å²) in [7, 11) is 0. The Hall–Kier alpha value is -2.63. The van der Waals surface area contributed by atoms with Crippen LogP contribution in [0.4, 0.5) is 0 Å². The number of ether oxygens (including phenoxy) is 1. The molecule has 0 radical (unpaired) electrons. The monoisotopic (exact) mass is 411 g/mol. The molecule has 1 saturated heterocycles. The minimum atomic E-state index is -0.245. The molecule has 0 N–H and O–H groups in total. The number of amides is 1. The predicted octanol–water partition coefficient (Wildman–Crippen LogP) is 4.05. The van der Waals surface area contributed by atoms with E-state index in [4.69, 9.17) is 9.84 Å². The Kier molecular flexibility index (Phi) is 7.29. The number of rotatable bonds is 7.